The fourth-order valence-electron chi connectivity index (χ4n) is 12.8. The van der Waals surface area contributed by atoms with E-state index in [9.17, 15) is 14.4 Å². The fraction of sp³-hybridized carbons (Fsp3) is 0.571. The molecule has 7 aliphatic rings. The molecule has 1 unspecified atom stereocenters. The second-order valence-electron chi connectivity index (χ2n) is 20.9. The van der Waals surface area contributed by atoms with Crippen molar-refractivity contribution in [1.29, 1.82) is 0 Å². The second-order valence-corrected chi connectivity index (χ2v) is 20.9. The second kappa shape index (κ2) is 14.9. The van der Waals surface area contributed by atoms with Gasteiger partial charge < -0.3 is 24.6 Å². The highest BCUT2D eigenvalue weighted by molar-refractivity contribution is 6.05. The molecule has 2 aromatic carbocycles. The Morgan fingerprint density at radius 1 is 0.903 bits per heavy atom. The van der Waals surface area contributed by atoms with Gasteiger partial charge in [0.05, 0.1) is 6.04 Å². The van der Waals surface area contributed by atoms with Crippen LogP contribution in [0.4, 0.5) is 16.0 Å². The molecule has 2 spiro atoms. The third kappa shape index (κ3) is 7.07. The molecule has 3 amide bonds. The molecule has 62 heavy (non-hydrogen) atoms. The maximum atomic E-state index is 15.2. The Hall–Kier alpha value is -4.88. The average Bonchev–Trinajstić information content (AvgIpc) is 3.76. The number of hydrogen-bond donors (Lipinski definition) is 2. The Kier molecular flexibility index (Phi) is 9.57. The Bertz CT molecular complexity index is 2390. The maximum absolute atomic E-state index is 15.2. The van der Waals surface area contributed by atoms with E-state index in [0.717, 1.165) is 72.5 Å². The van der Waals surface area contributed by atoms with Crippen molar-refractivity contribution in [3.63, 3.8) is 0 Å². The summed E-state index contributed by atoms with van der Waals surface area (Å²) in [7, 11) is 0. The number of aromatic amines is 1. The van der Waals surface area contributed by atoms with Crippen LogP contribution in [0.1, 0.15) is 111 Å². The number of carbonyl (C=O) groups excluding carboxylic acids is 3. The van der Waals surface area contributed by atoms with E-state index in [4.69, 9.17) is 9.97 Å². The van der Waals surface area contributed by atoms with Gasteiger partial charge in [0, 0.05) is 117 Å². The molecule has 1 saturated carbocycles. The van der Waals surface area contributed by atoms with Gasteiger partial charge in [-0.3, -0.25) is 24.6 Å². The largest absolute Gasteiger partial charge is 0.371 e. The van der Waals surface area contributed by atoms with E-state index in [2.05, 4.69) is 73.2 Å². The van der Waals surface area contributed by atoms with E-state index < -0.39 is 11.7 Å². The standard InChI is InChI=1S/C49H60FN9O3/c1-31-20-38-37-6-4-5-7-39(37)53-42(38)43(59(31)28-47(2,3)50)34-24-51-46(52-25-34)57-18-12-48(13-19-57)22-32(23-48)26-55-29-49(30-55)14-16-56(17-15-49)35-8-9-36-33(21-35)27-58(45(36)62)40-10-11-41(60)54-44(40)61/h4-9,21,24-25,31-32,40,43,53H,10-20,22-23,26-30H2,1-3H3,(H,54,60,61)/t31-,40?,43-/m1/s1. The number of imide groups is 1. The number of nitrogens with zero attached hydrogens (tertiary/aromatic N) is 7. The van der Waals surface area contributed by atoms with Crippen molar-refractivity contribution in [2.24, 2.45) is 16.7 Å². The molecule has 1 aliphatic carbocycles. The molecule has 326 valence electrons. The van der Waals surface area contributed by atoms with E-state index in [1.165, 1.54) is 69.1 Å². The molecule has 5 fully saturated rings. The van der Waals surface area contributed by atoms with Crippen LogP contribution in [0.3, 0.4) is 0 Å². The summed E-state index contributed by atoms with van der Waals surface area (Å²) < 4.78 is 15.2. The Morgan fingerprint density at radius 3 is 2.34 bits per heavy atom. The summed E-state index contributed by atoms with van der Waals surface area (Å²) in [4.78, 5) is 62.5. The lowest BCUT2D eigenvalue weighted by atomic mass is 9.57. The molecule has 13 heteroatoms. The summed E-state index contributed by atoms with van der Waals surface area (Å²) in [5, 5.41) is 3.65. The van der Waals surface area contributed by atoms with E-state index in [1.807, 2.05) is 18.5 Å². The van der Waals surface area contributed by atoms with Crippen molar-refractivity contribution < 1.29 is 18.8 Å². The number of rotatable bonds is 8. The van der Waals surface area contributed by atoms with Crippen LogP contribution in [-0.4, -0.2) is 117 Å². The number of halogens is 1. The van der Waals surface area contributed by atoms with Gasteiger partial charge in [-0.05, 0) is 124 Å². The number of fused-ring (bicyclic) bond motifs is 4. The number of hydrogen-bond acceptors (Lipinski definition) is 9. The van der Waals surface area contributed by atoms with Gasteiger partial charge in [-0.1, -0.05) is 18.2 Å². The molecular weight excluding hydrogens is 782 g/mol. The molecular formula is C49H60FN9O3. The number of anilines is 2. The van der Waals surface area contributed by atoms with Crippen LogP contribution in [0.5, 0.6) is 0 Å². The van der Waals surface area contributed by atoms with Gasteiger partial charge in [0.2, 0.25) is 17.8 Å². The van der Waals surface area contributed by atoms with Gasteiger partial charge >= 0.3 is 0 Å². The molecule has 0 bridgehead atoms. The minimum Gasteiger partial charge on any atom is -0.371 e. The number of amides is 3. The number of aromatic nitrogens is 3. The topological polar surface area (TPSA) is 121 Å². The number of likely N-dealkylation sites (tertiary alicyclic amines) is 1. The van der Waals surface area contributed by atoms with Crippen molar-refractivity contribution in [2.45, 2.75) is 109 Å². The first kappa shape index (κ1) is 39.9. The SMILES string of the molecule is C[C@@H]1Cc2c([nH]c3ccccc23)[C@@H](c2cnc(N3CCC4(CC3)CC(CN3CC5(CCN(c6ccc7c(c6)CN(C6CCC(=O)NC6=O)C7=O)CC5)C3)C4)nc2)N1CC(C)(C)F. The van der Waals surface area contributed by atoms with Crippen molar-refractivity contribution >= 4 is 40.3 Å². The number of H-pyrrole nitrogens is 1. The van der Waals surface area contributed by atoms with Crippen LogP contribution in [0.15, 0.2) is 54.9 Å². The number of benzene rings is 2. The zero-order valence-electron chi connectivity index (χ0n) is 36.5. The minimum absolute atomic E-state index is 0.115. The lowest BCUT2D eigenvalue weighted by molar-refractivity contribution is -0.136. The molecule has 2 aromatic heterocycles. The summed E-state index contributed by atoms with van der Waals surface area (Å²) in [6.07, 6.45) is 12.9. The predicted molar refractivity (Wildman–Crippen MR) is 237 cm³/mol. The Morgan fingerprint density at radius 2 is 1.61 bits per heavy atom. The van der Waals surface area contributed by atoms with E-state index in [-0.39, 0.29) is 36.2 Å². The Labute approximate surface area is 363 Å². The first-order valence-electron chi connectivity index (χ1n) is 23.2. The first-order valence-corrected chi connectivity index (χ1v) is 23.2. The third-order valence-electron chi connectivity index (χ3n) is 15.9. The number of alkyl halides is 1. The number of nitrogens with one attached hydrogen (secondary N) is 2. The molecule has 0 radical (unpaired) electrons. The lowest BCUT2D eigenvalue weighted by Gasteiger charge is -2.58. The highest BCUT2D eigenvalue weighted by Gasteiger charge is 2.50. The van der Waals surface area contributed by atoms with Gasteiger partial charge in [0.25, 0.3) is 5.91 Å². The van der Waals surface area contributed by atoms with Crippen molar-refractivity contribution in [2.75, 3.05) is 62.2 Å². The first-order chi connectivity index (χ1) is 29.8. The number of carbonyl (C=O) groups is 3. The van der Waals surface area contributed by atoms with Gasteiger partial charge in [-0.2, -0.15) is 0 Å². The van der Waals surface area contributed by atoms with Crippen LogP contribution in [0, 0.1) is 16.7 Å². The summed E-state index contributed by atoms with van der Waals surface area (Å²) in [5.74, 6) is 0.843. The summed E-state index contributed by atoms with van der Waals surface area (Å²) >= 11 is 0. The summed E-state index contributed by atoms with van der Waals surface area (Å²) in [6, 6.07) is 14.1. The zero-order valence-corrected chi connectivity index (χ0v) is 36.5. The van der Waals surface area contributed by atoms with Crippen molar-refractivity contribution in [3.05, 3.63) is 82.8 Å². The normalized spacial score (nSPS) is 26.5. The van der Waals surface area contributed by atoms with Crippen LogP contribution in [0.25, 0.3) is 10.9 Å². The average molecular weight is 842 g/mol. The molecule has 3 atom stereocenters. The van der Waals surface area contributed by atoms with Crippen LogP contribution < -0.4 is 15.1 Å². The Balaban J connectivity index is 0.651. The molecule has 4 saturated heterocycles. The molecule has 6 aliphatic heterocycles. The third-order valence-corrected chi connectivity index (χ3v) is 15.9. The number of piperidine rings is 3. The van der Waals surface area contributed by atoms with E-state index in [0.29, 0.717) is 35.9 Å². The highest BCUT2D eigenvalue weighted by atomic mass is 19.1. The van der Waals surface area contributed by atoms with Crippen LogP contribution >= 0.6 is 0 Å². The van der Waals surface area contributed by atoms with Crippen molar-refractivity contribution in [3.8, 4) is 0 Å². The summed E-state index contributed by atoms with van der Waals surface area (Å²) in [6.45, 7) is 14.0. The van der Waals surface area contributed by atoms with E-state index >= 15 is 4.39 Å². The van der Waals surface area contributed by atoms with Gasteiger partial charge in [0.15, 0.2) is 0 Å². The van der Waals surface area contributed by atoms with Gasteiger partial charge in [-0.25, -0.2) is 14.4 Å². The summed E-state index contributed by atoms with van der Waals surface area (Å²) in [5.41, 5.74) is 6.94. The predicted octanol–water partition coefficient (Wildman–Crippen LogP) is 6.40. The lowest BCUT2D eigenvalue weighted by Crippen LogP contribution is -2.62. The fourth-order valence-corrected chi connectivity index (χ4v) is 12.8. The monoisotopic (exact) mass is 841 g/mol. The maximum Gasteiger partial charge on any atom is 0.255 e. The minimum atomic E-state index is -1.33. The quantitative estimate of drug-likeness (QED) is 0.194. The van der Waals surface area contributed by atoms with Gasteiger partial charge in [0.1, 0.15) is 11.7 Å². The van der Waals surface area contributed by atoms with Crippen molar-refractivity contribution in [1.82, 2.24) is 35.0 Å². The number of para-hydroxylation sites is 1. The molecule has 12 nitrogen and oxygen atoms in total. The molecule has 8 heterocycles. The molecule has 2 N–H and O–H groups in total. The smallest absolute Gasteiger partial charge is 0.255 e. The molecule has 4 aromatic rings. The van der Waals surface area contributed by atoms with Crippen LogP contribution in [-0.2, 0) is 22.6 Å². The highest BCUT2D eigenvalue weighted by Crippen LogP contribution is 2.54. The van der Waals surface area contributed by atoms with E-state index in [1.54, 1.807) is 18.7 Å². The van der Waals surface area contributed by atoms with Gasteiger partial charge in [-0.15, -0.1) is 0 Å². The molecule has 11 rings (SSSR count). The zero-order chi connectivity index (χ0) is 42.5. The van der Waals surface area contributed by atoms with Crippen LogP contribution in [0.2, 0.25) is 0 Å².